The van der Waals surface area contributed by atoms with Crippen molar-refractivity contribution in [3.8, 4) is 56.4 Å². The third-order valence-corrected chi connectivity index (χ3v) is 14.5. The van der Waals surface area contributed by atoms with Crippen LogP contribution in [0.4, 0.5) is 0 Å². The lowest BCUT2D eigenvalue weighted by Crippen LogP contribution is -2.00. The summed E-state index contributed by atoms with van der Waals surface area (Å²) in [6.07, 6.45) is 0. The Bertz CT molecular complexity index is 4220. The molecule has 2 aromatic heterocycles. The molecule has 300 valence electrons. The van der Waals surface area contributed by atoms with E-state index in [1.807, 2.05) is 18.2 Å². The maximum atomic E-state index is 5.19. The smallest absolute Gasteiger partial charge is 0.164 e. The quantitative estimate of drug-likeness (QED) is 0.162. The minimum absolute atomic E-state index is 0.645. The number of fused-ring (bicyclic) bond motifs is 5. The second kappa shape index (κ2) is 14.1. The van der Waals surface area contributed by atoms with Crippen LogP contribution in [0.25, 0.3) is 141 Å². The topological polar surface area (TPSA) is 38.7 Å². The molecule has 0 atom stereocenters. The van der Waals surface area contributed by atoms with Crippen LogP contribution in [0.2, 0.25) is 0 Å². The van der Waals surface area contributed by atoms with Gasteiger partial charge in [-0.3, -0.25) is 0 Å². The van der Waals surface area contributed by atoms with Gasteiger partial charge in [0.25, 0.3) is 0 Å². The molecule has 14 rings (SSSR count). The summed E-state index contributed by atoms with van der Waals surface area (Å²) in [4.78, 5) is 15.4. The van der Waals surface area contributed by atoms with Crippen molar-refractivity contribution < 1.29 is 0 Å². The normalized spacial score (nSPS) is 12.0. The zero-order chi connectivity index (χ0) is 42.6. The van der Waals surface area contributed by atoms with Crippen LogP contribution in [0, 0.1) is 0 Å². The maximum Gasteiger partial charge on any atom is 0.164 e. The third kappa shape index (κ3) is 5.64. The summed E-state index contributed by atoms with van der Waals surface area (Å²) in [6, 6.07) is 77.2. The fraction of sp³-hybridized carbons (Fsp3) is 0. The molecular formula is C61H35N3S. The van der Waals surface area contributed by atoms with E-state index in [1.165, 1.54) is 95.9 Å². The number of benzene rings is 11. The van der Waals surface area contributed by atoms with Gasteiger partial charge in [-0.15, -0.1) is 11.3 Å². The summed E-state index contributed by atoms with van der Waals surface area (Å²) in [6.45, 7) is 0. The Morgan fingerprint density at radius 3 is 1.42 bits per heavy atom. The van der Waals surface area contributed by atoms with Gasteiger partial charge in [0.2, 0.25) is 0 Å². The molecule has 65 heavy (non-hydrogen) atoms. The van der Waals surface area contributed by atoms with Gasteiger partial charge in [-0.1, -0.05) is 182 Å². The van der Waals surface area contributed by atoms with Gasteiger partial charge in [0, 0.05) is 36.9 Å². The van der Waals surface area contributed by atoms with E-state index in [4.69, 9.17) is 15.0 Å². The first-order valence-electron chi connectivity index (χ1n) is 22.1. The van der Waals surface area contributed by atoms with Gasteiger partial charge in [0.1, 0.15) is 0 Å². The number of hydrogen-bond donors (Lipinski definition) is 0. The number of rotatable bonds is 5. The first-order valence-corrected chi connectivity index (χ1v) is 22.9. The van der Waals surface area contributed by atoms with Crippen molar-refractivity contribution >= 4 is 96.1 Å². The van der Waals surface area contributed by atoms with E-state index >= 15 is 0 Å². The van der Waals surface area contributed by atoms with Crippen molar-refractivity contribution in [1.29, 1.82) is 0 Å². The Balaban J connectivity index is 0.908. The number of hydrogen-bond acceptors (Lipinski definition) is 4. The van der Waals surface area contributed by atoms with Crippen molar-refractivity contribution in [2.24, 2.45) is 0 Å². The standard InChI is InChI=1S/C61H35N3S/c1-2-11-40(12-3-1)59-62-60(64-61(63-59)50-22-10-24-53-58(50)49-18-4-5-23-52(49)65-53)41-30-25-36(26-31-41)42-16-6-17-43(33-42)45-34-44-32-29-39-14-8-20-47-46-19-7-13-37-27-28-38-15-9-21-48(56(38)54(37)46)51(35-45)57(44)55(39)47/h1-35H. The lowest BCUT2D eigenvalue weighted by Gasteiger charge is -2.17. The highest BCUT2D eigenvalue weighted by Crippen LogP contribution is 2.45. The Kier molecular flexibility index (Phi) is 7.85. The molecule has 0 N–H and O–H groups in total. The fourth-order valence-corrected chi connectivity index (χ4v) is 11.6. The van der Waals surface area contributed by atoms with E-state index in [2.05, 4.69) is 194 Å². The van der Waals surface area contributed by atoms with Crippen LogP contribution in [0.1, 0.15) is 0 Å². The van der Waals surface area contributed by atoms with Crippen LogP contribution in [0.5, 0.6) is 0 Å². The highest BCUT2D eigenvalue weighted by atomic mass is 32.1. The van der Waals surface area contributed by atoms with Crippen molar-refractivity contribution in [3.05, 3.63) is 212 Å². The van der Waals surface area contributed by atoms with Gasteiger partial charge in [0.05, 0.1) is 0 Å². The Labute approximate surface area is 377 Å². The molecule has 0 saturated heterocycles. The SMILES string of the molecule is c1ccc(-c2nc(-c3ccc(-c4cccc(-c5cc6ccc7cccc8c9cccc%10ccc%11cccc(c(c5)c6c78)c%11c%109)c4)cc3)nc(-c3cccc4sc5ccccc5c34)n2)cc1. The minimum atomic E-state index is 0.645. The molecule has 12 aromatic carbocycles. The lowest BCUT2D eigenvalue weighted by atomic mass is 9.86. The number of nitrogens with zero attached hydrogens (tertiary/aromatic N) is 3. The first kappa shape index (κ1) is 36.2. The summed E-state index contributed by atoms with van der Waals surface area (Å²) in [5.74, 6) is 1.97. The molecular weight excluding hydrogens is 807 g/mol. The van der Waals surface area contributed by atoms with Crippen LogP contribution >= 0.6 is 11.3 Å². The fourth-order valence-electron chi connectivity index (χ4n) is 10.4. The number of thiophene rings is 1. The van der Waals surface area contributed by atoms with Crippen molar-refractivity contribution in [2.45, 2.75) is 0 Å². The van der Waals surface area contributed by atoms with Gasteiger partial charge < -0.3 is 0 Å². The molecule has 0 aliphatic heterocycles. The van der Waals surface area contributed by atoms with Gasteiger partial charge >= 0.3 is 0 Å². The molecule has 0 radical (unpaired) electrons. The highest BCUT2D eigenvalue weighted by Gasteiger charge is 2.19. The second-order valence-corrected chi connectivity index (χ2v) is 18.2. The van der Waals surface area contributed by atoms with Gasteiger partial charge in [-0.05, 0) is 117 Å². The summed E-state index contributed by atoms with van der Waals surface area (Å²) in [5.41, 5.74) is 7.55. The summed E-state index contributed by atoms with van der Waals surface area (Å²) < 4.78 is 2.47. The molecule has 0 fully saturated rings. The highest BCUT2D eigenvalue weighted by molar-refractivity contribution is 7.25. The average molecular weight is 842 g/mol. The van der Waals surface area contributed by atoms with E-state index in [0.29, 0.717) is 17.5 Å². The van der Waals surface area contributed by atoms with Crippen LogP contribution in [-0.4, -0.2) is 15.0 Å². The summed E-state index contributed by atoms with van der Waals surface area (Å²) in [7, 11) is 0. The largest absolute Gasteiger partial charge is 0.208 e. The van der Waals surface area contributed by atoms with Crippen LogP contribution < -0.4 is 0 Å². The van der Waals surface area contributed by atoms with Crippen LogP contribution in [0.15, 0.2) is 212 Å². The molecule has 3 nitrogen and oxygen atoms in total. The van der Waals surface area contributed by atoms with E-state index in [-0.39, 0.29) is 0 Å². The van der Waals surface area contributed by atoms with Crippen LogP contribution in [-0.2, 0) is 0 Å². The van der Waals surface area contributed by atoms with E-state index < -0.39 is 0 Å². The van der Waals surface area contributed by atoms with Crippen molar-refractivity contribution in [2.75, 3.05) is 0 Å². The molecule has 0 aliphatic carbocycles. The molecule has 0 spiro atoms. The zero-order valence-electron chi connectivity index (χ0n) is 35.0. The van der Waals surface area contributed by atoms with Crippen molar-refractivity contribution in [1.82, 2.24) is 15.0 Å². The lowest BCUT2D eigenvalue weighted by molar-refractivity contribution is 1.08. The Morgan fingerprint density at radius 2 is 0.723 bits per heavy atom. The van der Waals surface area contributed by atoms with Crippen LogP contribution in [0.3, 0.4) is 0 Å². The monoisotopic (exact) mass is 841 g/mol. The molecule has 0 saturated carbocycles. The minimum Gasteiger partial charge on any atom is -0.208 e. The summed E-state index contributed by atoms with van der Waals surface area (Å²) >= 11 is 1.80. The maximum absolute atomic E-state index is 5.19. The molecule has 2 heterocycles. The molecule has 0 aliphatic rings. The molecule has 0 bridgehead atoms. The van der Waals surface area contributed by atoms with Gasteiger partial charge in [-0.2, -0.15) is 0 Å². The van der Waals surface area contributed by atoms with Gasteiger partial charge in [0.15, 0.2) is 17.5 Å². The Hall–Kier alpha value is -8.31. The second-order valence-electron chi connectivity index (χ2n) is 17.1. The molecule has 14 aromatic rings. The first-order chi connectivity index (χ1) is 32.2. The number of aromatic nitrogens is 3. The third-order valence-electron chi connectivity index (χ3n) is 13.4. The molecule has 0 amide bonds. The average Bonchev–Trinajstić information content (AvgIpc) is 3.76. The molecule has 0 unspecified atom stereocenters. The zero-order valence-corrected chi connectivity index (χ0v) is 35.8. The Morgan fingerprint density at radius 1 is 0.246 bits per heavy atom. The molecule has 4 heteroatoms. The van der Waals surface area contributed by atoms with E-state index in [0.717, 1.165) is 27.8 Å². The predicted octanol–water partition coefficient (Wildman–Crippen LogP) is 16.9. The van der Waals surface area contributed by atoms with Gasteiger partial charge in [-0.25, -0.2) is 15.0 Å². The predicted molar refractivity (Wildman–Crippen MR) is 276 cm³/mol. The van der Waals surface area contributed by atoms with Crippen molar-refractivity contribution in [3.63, 3.8) is 0 Å². The summed E-state index contributed by atoms with van der Waals surface area (Å²) in [5, 5.41) is 17.8. The van der Waals surface area contributed by atoms with E-state index in [9.17, 15) is 0 Å². The van der Waals surface area contributed by atoms with E-state index in [1.54, 1.807) is 11.3 Å².